The second-order valence-corrected chi connectivity index (χ2v) is 7.65. The summed E-state index contributed by atoms with van der Waals surface area (Å²) < 4.78 is 27.7. The van der Waals surface area contributed by atoms with Crippen molar-refractivity contribution in [1.82, 2.24) is 0 Å². The molecule has 110 valence electrons. The Hall–Kier alpha value is -1.19. The van der Waals surface area contributed by atoms with Crippen molar-refractivity contribution < 1.29 is 18.0 Å². The summed E-state index contributed by atoms with van der Waals surface area (Å²) in [6.45, 7) is 5.56. The summed E-state index contributed by atoms with van der Waals surface area (Å²) in [5, 5.41) is 9.22. The van der Waals surface area contributed by atoms with E-state index in [0.29, 0.717) is 5.76 Å². The van der Waals surface area contributed by atoms with E-state index in [9.17, 15) is 9.83 Å². The minimum atomic E-state index is -3.70. The van der Waals surface area contributed by atoms with Crippen LogP contribution in [0.1, 0.15) is 32.1 Å². The molecule has 0 unspecified atom stereocenters. The summed E-state index contributed by atoms with van der Waals surface area (Å²) in [4.78, 5) is 0. The number of nitrogens with two attached hydrogens (primary N) is 1. The molecule has 0 aliphatic rings. The third-order valence-electron chi connectivity index (χ3n) is 2.66. The highest BCUT2D eigenvalue weighted by molar-refractivity contribution is 7.73. The van der Waals surface area contributed by atoms with E-state index >= 15 is 0 Å². The lowest BCUT2D eigenvalue weighted by molar-refractivity contribution is 0.286. The van der Waals surface area contributed by atoms with Gasteiger partial charge in [0.1, 0.15) is 22.7 Å². The van der Waals surface area contributed by atoms with Crippen molar-refractivity contribution in [2.75, 3.05) is 20.0 Å². The third-order valence-corrected chi connectivity index (χ3v) is 5.17. The molecule has 1 heterocycles. The molecule has 0 amide bonds. The third kappa shape index (κ3) is 2.79. The normalized spacial score (nSPS) is 12.2. The van der Waals surface area contributed by atoms with E-state index in [1.165, 1.54) is 14.2 Å². The molecule has 8 heteroatoms. The smallest absolute Gasteiger partial charge is 0.367 e. The predicted octanol–water partition coefficient (Wildman–Crippen LogP) is 2.87. The first-order valence-corrected chi connectivity index (χ1v) is 7.66. The zero-order valence-electron chi connectivity index (χ0n) is 12.0. The number of nitriles is 1. The van der Waals surface area contributed by atoms with Gasteiger partial charge in [-0.25, -0.2) is 0 Å². The first kappa shape index (κ1) is 16.9. The molecule has 6 nitrogen and oxygen atoms in total. The Morgan fingerprint density at radius 1 is 1.35 bits per heavy atom. The lowest BCUT2D eigenvalue weighted by atomic mass is 9.90. The second kappa shape index (κ2) is 5.66. The number of anilines is 1. The van der Waals surface area contributed by atoms with Crippen LogP contribution in [0.5, 0.6) is 0 Å². The van der Waals surface area contributed by atoms with E-state index < -0.39 is 13.0 Å². The molecule has 0 aromatic carbocycles. The van der Waals surface area contributed by atoms with Crippen molar-refractivity contribution in [2.24, 2.45) is 0 Å². The Bertz CT molecular complexity index is 662. The van der Waals surface area contributed by atoms with Crippen LogP contribution in [0.15, 0.2) is 4.42 Å². The fourth-order valence-electron chi connectivity index (χ4n) is 1.69. The van der Waals surface area contributed by atoms with Gasteiger partial charge in [-0.1, -0.05) is 33.0 Å². The molecule has 0 bridgehead atoms. The fourth-order valence-corrected chi connectivity index (χ4v) is 3.45. The summed E-state index contributed by atoms with van der Waals surface area (Å²) in [7, 11) is -1.27. The van der Waals surface area contributed by atoms with E-state index in [0.717, 1.165) is 0 Å². The van der Waals surface area contributed by atoms with Gasteiger partial charge in [0.05, 0.1) is 4.51 Å². The zero-order valence-corrected chi connectivity index (χ0v) is 13.7. The number of hydrogen-bond donors (Lipinski definition) is 1. The monoisotopic (exact) mass is 316 g/mol. The number of hydrogen-bond acceptors (Lipinski definition) is 7. The Morgan fingerprint density at radius 2 is 1.85 bits per heavy atom. The summed E-state index contributed by atoms with van der Waals surface area (Å²) >= 11 is 5.22. The molecule has 1 rings (SSSR count). The average molecular weight is 316 g/mol. The van der Waals surface area contributed by atoms with Crippen molar-refractivity contribution >= 4 is 31.0 Å². The van der Waals surface area contributed by atoms with Gasteiger partial charge in [-0.15, -0.1) is 0 Å². The number of nitrogen functional groups attached to an aromatic ring is 1. The van der Waals surface area contributed by atoms with Gasteiger partial charge < -0.3 is 19.2 Å². The summed E-state index contributed by atoms with van der Waals surface area (Å²) in [6, 6.07) is 1.97. The predicted molar refractivity (Wildman–Crippen MR) is 78.6 cm³/mol. The molecule has 0 fully saturated rings. The molecule has 2 N–H and O–H groups in total. The van der Waals surface area contributed by atoms with E-state index in [-0.39, 0.29) is 21.3 Å². The van der Waals surface area contributed by atoms with E-state index in [1.54, 1.807) is 0 Å². The maximum absolute atomic E-state index is 12.5. The Labute approximate surface area is 123 Å². The van der Waals surface area contributed by atoms with E-state index in [2.05, 4.69) is 0 Å². The van der Waals surface area contributed by atoms with Crippen LogP contribution in [0, 0.1) is 15.8 Å². The summed E-state index contributed by atoms with van der Waals surface area (Å²) in [5.74, 6) is 0.177. The van der Waals surface area contributed by atoms with Crippen LogP contribution in [0.4, 0.5) is 5.88 Å². The van der Waals surface area contributed by atoms with Gasteiger partial charge in [-0.2, -0.15) is 5.26 Å². The van der Waals surface area contributed by atoms with Crippen LogP contribution in [0.25, 0.3) is 0 Å². The van der Waals surface area contributed by atoms with Gasteiger partial charge in [-0.05, 0) is 0 Å². The Morgan fingerprint density at radius 3 is 2.20 bits per heavy atom. The van der Waals surface area contributed by atoms with Gasteiger partial charge >= 0.3 is 7.60 Å². The van der Waals surface area contributed by atoms with Gasteiger partial charge in [0.25, 0.3) is 0 Å². The molecule has 1 aromatic rings. The quantitative estimate of drug-likeness (QED) is 0.676. The lowest BCUT2D eigenvalue weighted by Crippen LogP contribution is -2.21. The van der Waals surface area contributed by atoms with Crippen molar-refractivity contribution in [3.05, 3.63) is 15.8 Å². The average Bonchev–Trinajstić information content (AvgIpc) is 2.36. The molecule has 0 radical (unpaired) electrons. The summed E-state index contributed by atoms with van der Waals surface area (Å²) in [5.41, 5.74) is 5.44. The lowest BCUT2D eigenvalue weighted by Gasteiger charge is -2.22. The molecule has 20 heavy (non-hydrogen) atoms. The SMILES string of the molecule is COP(=O)(OC)c1c(N)oc(C(C)(C)C)c(C#N)c1=S. The maximum Gasteiger partial charge on any atom is 0.367 e. The Balaban J connectivity index is 3.84. The van der Waals surface area contributed by atoms with Gasteiger partial charge in [0.15, 0.2) is 0 Å². The minimum Gasteiger partial charge on any atom is -0.443 e. The van der Waals surface area contributed by atoms with Gasteiger partial charge in [0, 0.05) is 19.6 Å². The topological polar surface area (TPSA) is 98.5 Å². The van der Waals surface area contributed by atoms with E-state index in [4.69, 9.17) is 31.4 Å². The number of rotatable bonds is 3. The molecule has 0 saturated carbocycles. The van der Waals surface area contributed by atoms with Crippen molar-refractivity contribution in [3.8, 4) is 6.07 Å². The van der Waals surface area contributed by atoms with Crippen LogP contribution in [-0.2, 0) is 19.0 Å². The van der Waals surface area contributed by atoms with Crippen LogP contribution >= 0.6 is 19.8 Å². The molecule has 0 aliphatic carbocycles. The second-order valence-electron chi connectivity index (χ2n) is 5.07. The van der Waals surface area contributed by atoms with Gasteiger partial charge in [0.2, 0.25) is 5.88 Å². The summed E-state index contributed by atoms with van der Waals surface area (Å²) in [6.07, 6.45) is 0. The molecule has 0 saturated heterocycles. The van der Waals surface area contributed by atoms with E-state index in [1.807, 2.05) is 26.8 Å². The highest BCUT2D eigenvalue weighted by atomic mass is 32.1. The van der Waals surface area contributed by atoms with Crippen molar-refractivity contribution in [2.45, 2.75) is 26.2 Å². The molecule has 0 aliphatic heterocycles. The molecule has 0 spiro atoms. The zero-order chi connectivity index (χ0) is 15.7. The minimum absolute atomic E-state index is 0.0354. The molecular formula is C12H17N2O4PS. The first-order valence-electron chi connectivity index (χ1n) is 5.71. The fraction of sp³-hybridized carbons (Fsp3) is 0.500. The van der Waals surface area contributed by atoms with Gasteiger partial charge in [-0.3, -0.25) is 4.57 Å². The number of nitrogens with zero attached hydrogens (tertiary/aromatic N) is 1. The van der Waals surface area contributed by atoms with Crippen molar-refractivity contribution in [3.63, 3.8) is 0 Å². The highest BCUT2D eigenvalue weighted by Gasteiger charge is 2.35. The van der Waals surface area contributed by atoms with Crippen LogP contribution in [0.3, 0.4) is 0 Å². The first-order chi connectivity index (χ1) is 9.12. The van der Waals surface area contributed by atoms with Crippen LogP contribution < -0.4 is 11.0 Å². The molecule has 0 atom stereocenters. The highest BCUT2D eigenvalue weighted by Crippen LogP contribution is 2.48. The van der Waals surface area contributed by atoms with Crippen LogP contribution in [-0.4, -0.2) is 14.2 Å². The van der Waals surface area contributed by atoms with Crippen molar-refractivity contribution in [1.29, 1.82) is 5.26 Å². The molecule has 1 aromatic heterocycles. The Kier molecular flexibility index (Phi) is 4.78. The molecular weight excluding hydrogens is 299 g/mol. The maximum atomic E-state index is 12.5. The standard InChI is InChI=1S/C12H17N2O4PS/c1-12(2,3)10-7(6-13)9(20)8(11(14)18-10)19(15,16-4)17-5/h14H2,1-5H3. The largest absolute Gasteiger partial charge is 0.443 e. The van der Waals surface area contributed by atoms with Crippen LogP contribution in [0.2, 0.25) is 0 Å².